The first-order valence-corrected chi connectivity index (χ1v) is 11.6. The molecule has 0 radical (unpaired) electrons. The topological polar surface area (TPSA) is 65.4 Å². The molecule has 1 aromatic heterocycles. The molecule has 3 aromatic carbocycles. The maximum absolute atomic E-state index is 13.9. The highest BCUT2D eigenvalue weighted by Gasteiger charge is 2.11. The molecule has 0 fully saturated rings. The predicted molar refractivity (Wildman–Crippen MR) is 139 cm³/mol. The number of aromatic nitrogens is 2. The van der Waals surface area contributed by atoms with Crippen LogP contribution in [0.1, 0.15) is 22.3 Å². The Kier molecular flexibility index (Phi) is 8.02. The van der Waals surface area contributed by atoms with Gasteiger partial charge in [-0.3, -0.25) is 9.48 Å². The Morgan fingerprint density at radius 1 is 1.08 bits per heavy atom. The molecule has 0 saturated heterocycles. The fourth-order valence-corrected chi connectivity index (χ4v) is 3.78. The number of carbonyl (C=O) groups is 1. The molecule has 0 bridgehead atoms. The molecule has 6 nitrogen and oxygen atoms in total. The van der Waals surface area contributed by atoms with Crippen molar-refractivity contribution in [2.75, 3.05) is 12.4 Å². The minimum atomic E-state index is -0.401. The first-order valence-electron chi connectivity index (χ1n) is 11.2. The summed E-state index contributed by atoms with van der Waals surface area (Å²) in [4.78, 5) is 12.5. The van der Waals surface area contributed by atoms with Gasteiger partial charge in [-0.05, 0) is 48.4 Å². The van der Waals surface area contributed by atoms with Crippen LogP contribution in [0.5, 0.6) is 11.5 Å². The molecule has 0 unspecified atom stereocenters. The summed E-state index contributed by atoms with van der Waals surface area (Å²) in [5.74, 6) is 0.954. The van der Waals surface area contributed by atoms with Gasteiger partial charge < -0.3 is 14.8 Å². The summed E-state index contributed by atoms with van der Waals surface area (Å²) < 4.78 is 26.8. The molecule has 1 heterocycles. The number of nitrogens with one attached hydrogen (secondary N) is 1. The molecule has 1 amide bonds. The molecular weight excluding hydrogens is 481 g/mol. The highest BCUT2D eigenvalue weighted by Crippen LogP contribution is 2.25. The van der Waals surface area contributed by atoms with Gasteiger partial charge in [0, 0.05) is 23.4 Å². The van der Waals surface area contributed by atoms with Crippen LogP contribution in [0, 0.1) is 12.7 Å². The Labute approximate surface area is 213 Å². The number of para-hydroxylation sites is 1. The van der Waals surface area contributed by atoms with E-state index in [0.29, 0.717) is 17.9 Å². The molecule has 36 heavy (non-hydrogen) atoms. The Morgan fingerprint density at radius 3 is 2.64 bits per heavy atom. The van der Waals surface area contributed by atoms with E-state index in [1.54, 1.807) is 31.4 Å². The summed E-state index contributed by atoms with van der Waals surface area (Å²) in [6.07, 6.45) is 4.60. The van der Waals surface area contributed by atoms with Crippen LogP contribution in [0.15, 0.2) is 79.0 Å². The van der Waals surface area contributed by atoms with Crippen molar-refractivity contribution >= 4 is 29.4 Å². The van der Waals surface area contributed by atoms with Gasteiger partial charge in [-0.25, -0.2) is 4.39 Å². The SMILES string of the molecule is COc1ccc(/C=C/C(=O)Nc2nn(Cc3ccccc3F)cc2Cl)cc1COc1ccccc1C. The average molecular weight is 506 g/mol. The Morgan fingerprint density at radius 2 is 1.86 bits per heavy atom. The Hall–Kier alpha value is -4.10. The first kappa shape index (κ1) is 25.0. The van der Waals surface area contributed by atoms with Crippen molar-refractivity contribution in [3.63, 3.8) is 0 Å². The van der Waals surface area contributed by atoms with E-state index in [2.05, 4.69) is 10.4 Å². The molecule has 0 saturated carbocycles. The van der Waals surface area contributed by atoms with Gasteiger partial charge in [0.15, 0.2) is 5.82 Å². The summed E-state index contributed by atoms with van der Waals surface area (Å²) in [5, 5.41) is 7.17. The quantitative estimate of drug-likeness (QED) is 0.272. The molecule has 0 aliphatic rings. The zero-order valence-corrected chi connectivity index (χ0v) is 20.6. The standard InChI is InChI=1S/C28H25ClFN3O3/c1-19-7-3-6-10-25(19)36-18-22-15-20(11-13-26(22)35-2)12-14-27(34)31-28-23(29)17-33(32-28)16-21-8-4-5-9-24(21)30/h3-15,17H,16,18H2,1-2H3,(H,31,32,34)/b14-12+. The monoisotopic (exact) mass is 505 g/mol. The van der Waals surface area contributed by atoms with Crippen molar-refractivity contribution in [2.24, 2.45) is 0 Å². The first-order chi connectivity index (χ1) is 17.4. The minimum Gasteiger partial charge on any atom is -0.496 e. The number of carbonyl (C=O) groups excluding carboxylic acids is 1. The van der Waals surface area contributed by atoms with Gasteiger partial charge in [-0.2, -0.15) is 5.10 Å². The van der Waals surface area contributed by atoms with Gasteiger partial charge in [0.2, 0.25) is 5.91 Å². The van der Waals surface area contributed by atoms with E-state index in [1.807, 2.05) is 49.4 Å². The lowest BCUT2D eigenvalue weighted by molar-refractivity contribution is -0.111. The molecule has 0 atom stereocenters. The van der Waals surface area contributed by atoms with Gasteiger partial charge >= 0.3 is 0 Å². The zero-order chi connectivity index (χ0) is 25.5. The van der Waals surface area contributed by atoms with E-state index in [0.717, 1.165) is 22.4 Å². The number of hydrogen-bond acceptors (Lipinski definition) is 4. The van der Waals surface area contributed by atoms with E-state index < -0.39 is 5.91 Å². The maximum atomic E-state index is 13.9. The molecule has 184 valence electrons. The maximum Gasteiger partial charge on any atom is 0.249 e. The van der Waals surface area contributed by atoms with Crippen LogP contribution in [-0.2, 0) is 17.9 Å². The van der Waals surface area contributed by atoms with E-state index in [4.69, 9.17) is 21.1 Å². The number of methoxy groups -OCH3 is 1. The molecular formula is C28H25ClFN3O3. The van der Waals surface area contributed by atoms with Crippen molar-refractivity contribution in [3.8, 4) is 11.5 Å². The average Bonchev–Trinajstić information content (AvgIpc) is 3.21. The highest BCUT2D eigenvalue weighted by atomic mass is 35.5. The summed E-state index contributed by atoms with van der Waals surface area (Å²) in [5.41, 5.74) is 3.15. The molecule has 4 aromatic rings. The van der Waals surface area contributed by atoms with Crippen LogP contribution in [-0.4, -0.2) is 22.8 Å². The lowest BCUT2D eigenvalue weighted by Crippen LogP contribution is -2.10. The van der Waals surface area contributed by atoms with Gasteiger partial charge in [0.25, 0.3) is 0 Å². The number of amides is 1. The van der Waals surface area contributed by atoms with E-state index in [1.165, 1.54) is 23.0 Å². The van der Waals surface area contributed by atoms with Crippen LogP contribution < -0.4 is 14.8 Å². The molecule has 0 spiro atoms. The number of benzene rings is 3. The second kappa shape index (κ2) is 11.6. The summed E-state index contributed by atoms with van der Waals surface area (Å²) >= 11 is 6.22. The molecule has 0 aliphatic carbocycles. The zero-order valence-electron chi connectivity index (χ0n) is 19.9. The fraction of sp³-hybridized carbons (Fsp3) is 0.143. The predicted octanol–water partition coefficient (Wildman–Crippen LogP) is 6.27. The number of nitrogens with zero attached hydrogens (tertiary/aromatic N) is 2. The molecule has 8 heteroatoms. The third kappa shape index (κ3) is 6.31. The molecule has 1 N–H and O–H groups in total. The Bertz CT molecular complexity index is 1400. The van der Waals surface area contributed by atoms with Crippen molar-refractivity contribution in [1.29, 1.82) is 0 Å². The Balaban J connectivity index is 1.41. The lowest BCUT2D eigenvalue weighted by Gasteiger charge is -2.12. The van der Waals surface area contributed by atoms with Crippen LogP contribution >= 0.6 is 11.6 Å². The normalized spacial score (nSPS) is 11.0. The van der Waals surface area contributed by atoms with E-state index in [-0.39, 0.29) is 23.2 Å². The number of ether oxygens (including phenoxy) is 2. The van der Waals surface area contributed by atoms with Crippen LogP contribution in [0.3, 0.4) is 0 Å². The molecule has 4 rings (SSSR count). The lowest BCUT2D eigenvalue weighted by atomic mass is 10.1. The van der Waals surface area contributed by atoms with Crippen molar-refractivity contribution < 1.29 is 18.7 Å². The second-order valence-electron chi connectivity index (χ2n) is 8.06. The van der Waals surface area contributed by atoms with Gasteiger partial charge in [-0.1, -0.05) is 54.1 Å². The number of halogens is 2. The third-order valence-corrected chi connectivity index (χ3v) is 5.73. The van der Waals surface area contributed by atoms with Crippen LogP contribution in [0.4, 0.5) is 10.2 Å². The summed E-state index contributed by atoms with van der Waals surface area (Å²) in [6, 6.07) is 19.8. The highest BCUT2D eigenvalue weighted by molar-refractivity contribution is 6.33. The van der Waals surface area contributed by atoms with Crippen molar-refractivity contribution in [2.45, 2.75) is 20.1 Å². The second-order valence-corrected chi connectivity index (χ2v) is 8.47. The third-order valence-electron chi connectivity index (χ3n) is 5.46. The number of aryl methyl sites for hydroxylation is 1. The van der Waals surface area contributed by atoms with Gasteiger partial charge in [0.05, 0.1) is 13.7 Å². The van der Waals surface area contributed by atoms with Crippen LogP contribution in [0.25, 0.3) is 6.08 Å². The van der Waals surface area contributed by atoms with Gasteiger partial charge in [0.1, 0.15) is 28.9 Å². The van der Waals surface area contributed by atoms with E-state index >= 15 is 0 Å². The smallest absolute Gasteiger partial charge is 0.249 e. The number of hydrogen-bond donors (Lipinski definition) is 1. The number of anilines is 1. The fourth-order valence-electron chi connectivity index (χ4n) is 3.58. The van der Waals surface area contributed by atoms with Crippen molar-refractivity contribution in [1.82, 2.24) is 9.78 Å². The van der Waals surface area contributed by atoms with E-state index in [9.17, 15) is 9.18 Å². The number of rotatable bonds is 9. The summed E-state index contributed by atoms with van der Waals surface area (Å²) in [6.45, 7) is 2.49. The molecule has 0 aliphatic heterocycles. The summed E-state index contributed by atoms with van der Waals surface area (Å²) in [7, 11) is 1.60. The largest absolute Gasteiger partial charge is 0.496 e. The van der Waals surface area contributed by atoms with Gasteiger partial charge in [-0.15, -0.1) is 0 Å². The minimum absolute atomic E-state index is 0.192. The van der Waals surface area contributed by atoms with Crippen LogP contribution in [0.2, 0.25) is 5.02 Å². The van der Waals surface area contributed by atoms with Crippen molar-refractivity contribution in [3.05, 3.63) is 112 Å².